The van der Waals surface area contributed by atoms with Crippen molar-refractivity contribution in [3.05, 3.63) is 0 Å². The standard InChI is InChI=1S/C11H8F14O5S/c12-5(6(13,14)4-2-1-3-28-4)29-9(19,20)7(15,8(16,17)18)30-10(21,22)11(23,24)31(25,26)27/h4-5H,1-3H2. The maximum Gasteiger partial charge on any atom is 0.464 e. The van der Waals surface area contributed by atoms with Gasteiger partial charge in [0, 0.05) is 6.61 Å². The Morgan fingerprint density at radius 3 is 1.71 bits per heavy atom. The highest BCUT2D eigenvalue weighted by Crippen LogP contribution is 2.54. The van der Waals surface area contributed by atoms with E-state index in [9.17, 15) is 69.4 Å². The maximum absolute atomic E-state index is 13.8. The minimum Gasteiger partial charge on any atom is -0.372 e. The predicted octanol–water partition coefficient (Wildman–Crippen LogP) is 4.44. The van der Waals surface area contributed by atoms with Crippen molar-refractivity contribution >= 4 is 10.2 Å². The van der Waals surface area contributed by atoms with Gasteiger partial charge in [-0.3, -0.25) is 9.47 Å². The van der Waals surface area contributed by atoms with Crippen molar-refractivity contribution in [2.45, 2.75) is 60.7 Å². The molecule has 1 heterocycles. The highest BCUT2D eigenvalue weighted by molar-refractivity contribution is 7.87. The molecule has 186 valence electrons. The summed E-state index contributed by atoms with van der Waals surface area (Å²) in [6.45, 7) is -0.499. The number of hydrogen-bond donors (Lipinski definition) is 0. The minimum absolute atomic E-state index is 0.221. The van der Waals surface area contributed by atoms with E-state index in [1.807, 2.05) is 0 Å². The van der Waals surface area contributed by atoms with E-state index in [0.717, 1.165) is 0 Å². The van der Waals surface area contributed by atoms with Crippen LogP contribution in [-0.2, 0) is 24.4 Å². The highest BCUT2D eigenvalue weighted by Gasteiger charge is 2.82. The Hall–Kier alpha value is -1.15. The molecule has 1 aliphatic rings. The van der Waals surface area contributed by atoms with Crippen LogP contribution in [0.4, 0.5) is 61.0 Å². The van der Waals surface area contributed by atoms with Crippen molar-refractivity contribution in [1.82, 2.24) is 0 Å². The molecule has 0 aromatic heterocycles. The van der Waals surface area contributed by atoms with E-state index in [0.29, 0.717) is 0 Å². The molecule has 0 aromatic carbocycles. The lowest BCUT2D eigenvalue weighted by molar-refractivity contribution is -0.524. The van der Waals surface area contributed by atoms with Crippen molar-refractivity contribution in [2.75, 3.05) is 6.61 Å². The lowest BCUT2D eigenvalue weighted by Gasteiger charge is -2.38. The molecule has 1 fully saturated rings. The lowest BCUT2D eigenvalue weighted by atomic mass is 10.1. The summed E-state index contributed by atoms with van der Waals surface area (Å²) in [6.07, 6.45) is -30.9. The number of halogens is 14. The van der Waals surface area contributed by atoms with Crippen molar-refractivity contribution in [1.29, 1.82) is 0 Å². The van der Waals surface area contributed by atoms with E-state index in [2.05, 4.69) is 9.47 Å². The predicted molar refractivity (Wildman–Crippen MR) is 65.7 cm³/mol. The summed E-state index contributed by atoms with van der Waals surface area (Å²) in [5, 5.41) is -7.39. The molecule has 5 nitrogen and oxygen atoms in total. The third kappa shape index (κ3) is 4.95. The highest BCUT2D eigenvalue weighted by atomic mass is 32.3. The van der Waals surface area contributed by atoms with Crippen molar-refractivity contribution in [3.8, 4) is 0 Å². The zero-order valence-electron chi connectivity index (χ0n) is 14.0. The van der Waals surface area contributed by atoms with Gasteiger partial charge in [0.2, 0.25) is 0 Å². The molecule has 0 bridgehead atoms. The van der Waals surface area contributed by atoms with E-state index < -0.39 is 71.1 Å². The maximum atomic E-state index is 13.8. The van der Waals surface area contributed by atoms with Crippen molar-refractivity contribution < 1.29 is 83.6 Å². The summed E-state index contributed by atoms with van der Waals surface area (Å²) in [4.78, 5) is 0. The largest absolute Gasteiger partial charge is 0.464 e. The summed E-state index contributed by atoms with van der Waals surface area (Å²) in [5.74, 6) is -12.8. The topological polar surface area (TPSA) is 61.8 Å². The van der Waals surface area contributed by atoms with Crippen LogP contribution in [0.1, 0.15) is 12.8 Å². The zero-order valence-corrected chi connectivity index (χ0v) is 14.8. The summed E-state index contributed by atoms with van der Waals surface area (Å²) in [7, 11) is -7.92. The summed E-state index contributed by atoms with van der Waals surface area (Å²) in [5.41, 5.74) is 0. The normalized spacial score (nSPS) is 23.0. The fourth-order valence-corrected chi connectivity index (χ4v) is 2.30. The summed E-state index contributed by atoms with van der Waals surface area (Å²) < 4.78 is 212. The first-order valence-corrected chi connectivity index (χ1v) is 8.67. The lowest BCUT2D eigenvalue weighted by Crippen LogP contribution is -2.65. The molecule has 3 atom stereocenters. The van der Waals surface area contributed by atoms with Gasteiger partial charge in [-0.25, -0.2) is 4.39 Å². The molecule has 0 N–H and O–H groups in total. The van der Waals surface area contributed by atoms with Gasteiger partial charge in [-0.05, 0) is 12.8 Å². The van der Waals surface area contributed by atoms with Crippen LogP contribution in [0, 0.1) is 0 Å². The summed E-state index contributed by atoms with van der Waals surface area (Å²) >= 11 is 0. The van der Waals surface area contributed by atoms with Crippen LogP contribution < -0.4 is 0 Å². The fraction of sp³-hybridized carbons (Fsp3) is 1.00. The quantitative estimate of drug-likeness (QED) is 0.334. The molecule has 0 aliphatic carbocycles. The third-order valence-electron chi connectivity index (χ3n) is 3.57. The molecule has 20 heteroatoms. The van der Waals surface area contributed by atoms with Gasteiger partial charge in [0.1, 0.15) is 6.10 Å². The molecule has 31 heavy (non-hydrogen) atoms. The van der Waals surface area contributed by atoms with Crippen LogP contribution in [0.5, 0.6) is 0 Å². The monoisotopic (exact) mass is 518 g/mol. The second-order valence-corrected chi connectivity index (χ2v) is 7.18. The van der Waals surface area contributed by atoms with Gasteiger partial charge in [-0.1, -0.05) is 3.89 Å². The summed E-state index contributed by atoms with van der Waals surface area (Å²) in [6, 6.07) is 0. The molecule has 1 saturated heterocycles. The smallest absolute Gasteiger partial charge is 0.372 e. The van der Waals surface area contributed by atoms with Gasteiger partial charge < -0.3 is 4.74 Å². The second-order valence-electron chi connectivity index (χ2n) is 5.79. The van der Waals surface area contributed by atoms with E-state index in [1.165, 1.54) is 0 Å². The van der Waals surface area contributed by atoms with Gasteiger partial charge >= 0.3 is 45.6 Å². The Morgan fingerprint density at radius 1 is 0.871 bits per heavy atom. The Labute approximate surface area is 162 Å². The van der Waals surface area contributed by atoms with Crippen molar-refractivity contribution in [3.63, 3.8) is 0 Å². The van der Waals surface area contributed by atoms with E-state index in [1.54, 1.807) is 4.74 Å². The molecule has 0 saturated carbocycles. The first-order valence-electron chi connectivity index (χ1n) is 7.29. The van der Waals surface area contributed by atoms with E-state index >= 15 is 0 Å². The van der Waals surface area contributed by atoms with Crippen LogP contribution in [0.3, 0.4) is 0 Å². The second kappa shape index (κ2) is 8.01. The molecular weight excluding hydrogens is 510 g/mol. The average Bonchev–Trinajstić information content (AvgIpc) is 3.06. The Kier molecular flexibility index (Phi) is 7.21. The van der Waals surface area contributed by atoms with Crippen LogP contribution >= 0.6 is 0 Å². The molecule has 0 spiro atoms. The third-order valence-corrected chi connectivity index (χ3v) is 4.42. The fourth-order valence-electron chi connectivity index (χ4n) is 1.97. The van der Waals surface area contributed by atoms with Crippen LogP contribution in [0.2, 0.25) is 0 Å². The minimum atomic E-state index is -7.92. The molecule has 0 radical (unpaired) electrons. The van der Waals surface area contributed by atoms with Crippen LogP contribution in [-0.4, -0.2) is 62.9 Å². The number of alkyl halides is 13. The number of hydrogen-bond acceptors (Lipinski definition) is 5. The molecule has 0 amide bonds. The first kappa shape index (κ1) is 27.9. The van der Waals surface area contributed by atoms with Crippen LogP contribution in [0.15, 0.2) is 0 Å². The molecule has 1 aliphatic heterocycles. The van der Waals surface area contributed by atoms with E-state index in [4.69, 9.17) is 0 Å². The average molecular weight is 518 g/mol. The zero-order chi connectivity index (χ0) is 24.9. The molecular formula is C11H8F14O5S. The van der Waals surface area contributed by atoms with Gasteiger partial charge in [0.25, 0.3) is 6.36 Å². The van der Waals surface area contributed by atoms with Crippen LogP contribution in [0.25, 0.3) is 0 Å². The number of ether oxygens (including phenoxy) is 3. The van der Waals surface area contributed by atoms with Crippen molar-refractivity contribution in [2.24, 2.45) is 0 Å². The molecule has 1 rings (SSSR count). The molecule has 3 unspecified atom stereocenters. The van der Waals surface area contributed by atoms with E-state index in [-0.39, 0.29) is 6.42 Å². The van der Waals surface area contributed by atoms with Gasteiger partial charge in [-0.15, -0.1) is 0 Å². The van der Waals surface area contributed by atoms with Gasteiger partial charge in [0.15, 0.2) is 0 Å². The SMILES string of the molecule is O=S(=O)(F)C(F)(F)C(F)(F)OC(F)(C(F)(F)F)C(F)(F)OC(F)C(F)(F)C1CCCO1. The molecule has 0 aromatic rings. The first-order chi connectivity index (χ1) is 13.4. The Morgan fingerprint density at radius 2 is 1.35 bits per heavy atom. The Balaban J connectivity index is 3.36. The Bertz CT molecular complexity index is 746. The van der Waals surface area contributed by atoms with Gasteiger partial charge in [0.05, 0.1) is 0 Å². The van der Waals surface area contributed by atoms with Gasteiger partial charge in [-0.2, -0.15) is 61.1 Å². The number of rotatable bonds is 9.